The van der Waals surface area contributed by atoms with Gasteiger partial charge < -0.3 is 10.6 Å². The van der Waals surface area contributed by atoms with E-state index in [1.54, 1.807) is 25.1 Å². The molecule has 122 valence electrons. The zero-order chi connectivity index (χ0) is 16.2. The van der Waals surface area contributed by atoms with Crippen molar-refractivity contribution >= 4 is 27.3 Å². The molecule has 0 aliphatic carbocycles. The number of anilines is 2. The van der Waals surface area contributed by atoms with Gasteiger partial charge in [0.1, 0.15) is 0 Å². The smallest absolute Gasteiger partial charge is 0.232 e. The predicted octanol–water partition coefficient (Wildman–Crippen LogP) is 1.69. The maximum Gasteiger partial charge on any atom is 0.232 e. The summed E-state index contributed by atoms with van der Waals surface area (Å²) in [5.74, 6) is 0.0260. The van der Waals surface area contributed by atoms with Crippen LogP contribution in [-0.2, 0) is 14.8 Å². The number of hydrogen-bond donors (Lipinski definition) is 3. The van der Waals surface area contributed by atoms with Crippen molar-refractivity contribution < 1.29 is 13.2 Å². The van der Waals surface area contributed by atoms with E-state index in [0.717, 1.165) is 18.5 Å². The molecule has 7 heteroatoms. The van der Waals surface area contributed by atoms with Crippen LogP contribution in [0.4, 0.5) is 11.4 Å². The molecule has 1 amide bonds. The summed E-state index contributed by atoms with van der Waals surface area (Å²) in [6.07, 6.45) is 1.38. The maximum absolute atomic E-state index is 12.2. The first-order valence-electron chi connectivity index (χ1n) is 7.54. The van der Waals surface area contributed by atoms with Crippen LogP contribution in [0.1, 0.15) is 25.3 Å². The van der Waals surface area contributed by atoms with Crippen LogP contribution in [0.2, 0.25) is 0 Å². The lowest BCUT2D eigenvalue weighted by Gasteiger charge is -2.15. The summed E-state index contributed by atoms with van der Waals surface area (Å²) in [7, 11) is -3.34. The van der Waals surface area contributed by atoms with Crippen molar-refractivity contribution in [2.24, 2.45) is 5.92 Å². The number of amides is 1. The average molecular weight is 325 g/mol. The third kappa shape index (κ3) is 4.20. The van der Waals surface area contributed by atoms with Gasteiger partial charge in [0, 0.05) is 12.2 Å². The molecular weight excluding hydrogens is 302 g/mol. The van der Waals surface area contributed by atoms with Crippen LogP contribution in [0.5, 0.6) is 0 Å². The number of hydrogen-bond acceptors (Lipinski definition) is 4. The third-order valence-electron chi connectivity index (χ3n) is 3.76. The average Bonchev–Trinajstić information content (AvgIpc) is 2.97. The van der Waals surface area contributed by atoms with Gasteiger partial charge >= 0.3 is 0 Å². The van der Waals surface area contributed by atoms with E-state index in [0.29, 0.717) is 24.3 Å². The standard InChI is InChI=1S/C15H23N3O3S/c1-3-9-22(20,21)18-14-6-4-5-13(11(14)2)17-15(19)12-7-8-16-10-12/h4-6,12,16,18H,3,7-10H2,1-2H3,(H,17,19). The van der Waals surface area contributed by atoms with Gasteiger partial charge in [-0.2, -0.15) is 0 Å². The summed E-state index contributed by atoms with van der Waals surface area (Å²) < 4.78 is 26.4. The molecule has 0 radical (unpaired) electrons. The number of sulfonamides is 1. The highest BCUT2D eigenvalue weighted by atomic mass is 32.2. The fourth-order valence-electron chi connectivity index (χ4n) is 2.48. The first-order valence-corrected chi connectivity index (χ1v) is 9.20. The van der Waals surface area contributed by atoms with Gasteiger partial charge in [-0.25, -0.2) is 8.42 Å². The van der Waals surface area contributed by atoms with Crippen LogP contribution in [0.15, 0.2) is 18.2 Å². The molecule has 3 N–H and O–H groups in total. The van der Waals surface area contributed by atoms with Crippen LogP contribution < -0.4 is 15.4 Å². The Bertz CT molecular complexity index is 637. The fraction of sp³-hybridized carbons (Fsp3) is 0.533. The molecule has 1 fully saturated rings. The number of carbonyl (C=O) groups is 1. The molecular formula is C15H23N3O3S. The molecule has 0 bridgehead atoms. The highest BCUT2D eigenvalue weighted by molar-refractivity contribution is 7.92. The van der Waals surface area contributed by atoms with Gasteiger partial charge in [0.2, 0.25) is 15.9 Å². The monoisotopic (exact) mass is 325 g/mol. The van der Waals surface area contributed by atoms with E-state index in [9.17, 15) is 13.2 Å². The molecule has 1 aliphatic heterocycles. The summed E-state index contributed by atoms with van der Waals surface area (Å²) in [6.45, 7) is 5.16. The van der Waals surface area contributed by atoms with Gasteiger partial charge in [0.05, 0.1) is 17.4 Å². The van der Waals surface area contributed by atoms with Crippen molar-refractivity contribution in [2.45, 2.75) is 26.7 Å². The summed E-state index contributed by atoms with van der Waals surface area (Å²) in [6, 6.07) is 5.22. The van der Waals surface area contributed by atoms with Gasteiger partial charge in [-0.1, -0.05) is 13.0 Å². The van der Waals surface area contributed by atoms with Crippen LogP contribution in [0.25, 0.3) is 0 Å². The molecule has 1 saturated heterocycles. The quantitative estimate of drug-likeness (QED) is 0.743. The summed E-state index contributed by atoms with van der Waals surface area (Å²) in [5.41, 5.74) is 1.88. The molecule has 0 saturated carbocycles. The SMILES string of the molecule is CCCS(=O)(=O)Nc1cccc(NC(=O)C2CCNC2)c1C. The van der Waals surface area contributed by atoms with Gasteiger partial charge in [0.25, 0.3) is 0 Å². The Balaban J connectivity index is 2.13. The lowest BCUT2D eigenvalue weighted by molar-refractivity contribution is -0.119. The Kier molecular flexibility index (Phi) is 5.42. The lowest BCUT2D eigenvalue weighted by Crippen LogP contribution is -2.25. The van der Waals surface area contributed by atoms with E-state index >= 15 is 0 Å². The maximum atomic E-state index is 12.2. The van der Waals surface area contributed by atoms with E-state index in [1.165, 1.54) is 0 Å². The van der Waals surface area contributed by atoms with Gasteiger partial charge in [-0.15, -0.1) is 0 Å². The molecule has 1 aliphatic rings. The zero-order valence-corrected chi connectivity index (χ0v) is 13.8. The van der Waals surface area contributed by atoms with Gasteiger partial charge in [-0.05, 0) is 44.0 Å². The van der Waals surface area contributed by atoms with Crippen LogP contribution >= 0.6 is 0 Å². The molecule has 1 unspecified atom stereocenters. The minimum atomic E-state index is -3.34. The van der Waals surface area contributed by atoms with Crippen molar-refractivity contribution in [3.05, 3.63) is 23.8 Å². The first-order chi connectivity index (χ1) is 10.4. The van der Waals surface area contributed by atoms with E-state index in [4.69, 9.17) is 0 Å². The normalized spacial score (nSPS) is 18.2. The summed E-state index contributed by atoms with van der Waals surface area (Å²) in [5, 5.41) is 6.05. The van der Waals surface area contributed by atoms with E-state index < -0.39 is 10.0 Å². The lowest BCUT2D eigenvalue weighted by atomic mass is 10.1. The molecule has 0 spiro atoms. The number of rotatable bonds is 6. The number of nitrogens with one attached hydrogen (secondary N) is 3. The van der Waals surface area contributed by atoms with Crippen LogP contribution in [0.3, 0.4) is 0 Å². The second-order valence-electron chi connectivity index (χ2n) is 5.58. The molecule has 2 rings (SSSR count). The molecule has 6 nitrogen and oxygen atoms in total. The van der Waals surface area contributed by atoms with E-state index in [-0.39, 0.29) is 17.6 Å². The molecule has 22 heavy (non-hydrogen) atoms. The molecule has 1 atom stereocenters. The minimum absolute atomic E-state index is 0.0262. The van der Waals surface area contributed by atoms with Gasteiger partial charge in [0.15, 0.2) is 0 Å². The largest absolute Gasteiger partial charge is 0.325 e. The zero-order valence-electron chi connectivity index (χ0n) is 13.0. The van der Waals surface area contributed by atoms with Crippen LogP contribution in [0, 0.1) is 12.8 Å². The first kappa shape index (κ1) is 16.8. The Morgan fingerprint density at radius 2 is 2.09 bits per heavy atom. The summed E-state index contributed by atoms with van der Waals surface area (Å²) >= 11 is 0. The Morgan fingerprint density at radius 1 is 1.36 bits per heavy atom. The molecule has 1 aromatic carbocycles. The van der Waals surface area contributed by atoms with Crippen LogP contribution in [-0.4, -0.2) is 33.2 Å². The van der Waals surface area contributed by atoms with Crippen molar-refractivity contribution in [3.8, 4) is 0 Å². The Hall–Kier alpha value is -1.60. The highest BCUT2D eigenvalue weighted by Gasteiger charge is 2.23. The van der Waals surface area contributed by atoms with Crippen molar-refractivity contribution in [1.29, 1.82) is 0 Å². The topological polar surface area (TPSA) is 87.3 Å². The van der Waals surface area contributed by atoms with Crippen molar-refractivity contribution in [1.82, 2.24) is 5.32 Å². The molecule has 1 aromatic rings. The van der Waals surface area contributed by atoms with Gasteiger partial charge in [-0.3, -0.25) is 9.52 Å². The van der Waals surface area contributed by atoms with E-state index in [1.807, 2.05) is 6.92 Å². The molecule has 1 heterocycles. The Morgan fingerprint density at radius 3 is 2.73 bits per heavy atom. The number of carbonyl (C=O) groups excluding carboxylic acids is 1. The minimum Gasteiger partial charge on any atom is -0.325 e. The second-order valence-corrected chi connectivity index (χ2v) is 7.42. The fourth-order valence-corrected chi connectivity index (χ4v) is 3.68. The third-order valence-corrected chi connectivity index (χ3v) is 5.24. The van der Waals surface area contributed by atoms with Crippen molar-refractivity contribution in [3.63, 3.8) is 0 Å². The Labute approximate surface area is 131 Å². The number of benzene rings is 1. The van der Waals surface area contributed by atoms with Crippen molar-refractivity contribution in [2.75, 3.05) is 28.9 Å². The molecule has 0 aromatic heterocycles. The second kappa shape index (κ2) is 7.11. The summed E-state index contributed by atoms with van der Waals surface area (Å²) in [4.78, 5) is 12.2. The van der Waals surface area contributed by atoms with E-state index in [2.05, 4.69) is 15.4 Å². The highest BCUT2D eigenvalue weighted by Crippen LogP contribution is 2.25. The predicted molar refractivity (Wildman–Crippen MR) is 88.5 cm³/mol.